The molecule has 0 aliphatic carbocycles. The summed E-state index contributed by atoms with van der Waals surface area (Å²) in [5.41, 5.74) is 2.57. The smallest absolute Gasteiger partial charge is 0.119 e. The quantitative estimate of drug-likeness (QED) is 0.765. The first kappa shape index (κ1) is 13.6. The molecule has 0 unspecified atom stereocenters. The lowest BCUT2D eigenvalue weighted by atomic mass is 10.1. The minimum absolute atomic E-state index is 0.623. The summed E-state index contributed by atoms with van der Waals surface area (Å²) in [7, 11) is 0. The lowest BCUT2D eigenvalue weighted by molar-refractivity contribution is 0.306. The second-order valence-electron chi connectivity index (χ2n) is 4.52. The average molecular weight is 255 g/mol. The van der Waals surface area contributed by atoms with Gasteiger partial charge in [-0.2, -0.15) is 0 Å². The van der Waals surface area contributed by atoms with Crippen molar-refractivity contribution in [1.29, 1.82) is 0 Å². The lowest BCUT2D eigenvalue weighted by Crippen LogP contribution is -2.15. The van der Waals surface area contributed by atoms with Crippen molar-refractivity contribution < 1.29 is 4.74 Å². The van der Waals surface area contributed by atoms with Gasteiger partial charge in [0.05, 0.1) is 0 Å². The van der Waals surface area contributed by atoms with Crippen LogP contribution in [0.15, 0.2) is 54.6 Å². The molecule has 0 aromatic heterocycles. The molecule has 19 heavy (non-hydrogen) atoms. The molecule has 2 aromatic carbocycles. The van der Waals surface area contributed by atoms with Gasteiger partial charge in [0.2, 0.25) is 0 Å². The van der Waals surface area contributed by atoms with Crippen LogP contribution in [0.3, 0.4) is 0 Å². The minimum Gasteiger partial charge on any atom is -0.489 e. The van der Waals surface area contributed by atoms with Crippen molar-refractivity contribution in [2.75, 3.05) is 13.1 Å². The zero-order chi connectivity index (χ0) is 13.3. The fourth-order valence-corrected chi connectivity index (χ4v) is 1.90. The molecule has 2 heteroatoms. The van der Waals surface area contributed by atoms with Crippen LogP contribution in [0.1, 0.15) is 18.1 Å². The van der Waals surface area contributed by atoms with Gasteiger partial charge >= 0.3 is 0 Å². The van der Waals surface area contributed by atoms with Crippen molar-refractivity contribution in [1.82, 2.24) is 5.32 Å². The highest BCUT2D eigenvalue weighted by Gasteiger charge is 1.97. The topological polar surface area (TPSA) is 21.3 Å². The molecule has 2 rings (SSSR count). The molecule has 0 fully saturated rings. The van der Waals surface area contributed by atoms with Crippen molar-refractivity contribution in [2.45, 2.75) is 20.0 Å². The van der Waals surface area contributed by atoms with Crippen LogP contribution >= 0.6 is 0 Å². The Hall–Kier alpha value is -1.80. The molecule has 0 saturated heterocycles. The van der Waals surface area contributed by atoms with Gasteiger partial charge in [-0.25, -0.2) is 0 Å². The molecule has 2 nitrogen and oxygen atoms in total. The van der Waals surface area contributed by atoms with Crippen LogP contribution in [0.5, 0.6) is 5.75 Å². The third-order valence-electron chi connectivity index (χ3n) is 3.01. The molecular formula is C17H21NO. The number of rotatable bonds is 7. The predicted octanol–water partition coefficient (Wildman–Crippen LogP) is 3.42. The Balaban J connectivity index is 1.81. The van der Waals surface area contributed by atoms with Crippen LogP contribution in [0, 0.1) is 0 Å². The maximum atomic E-state index is 5.72. The number of hydrogen-bond acceptors (Lipinski definition) is 2. The minimum atomic E-state index is 0.623. The first-order chi connectivity index (χ1) is 9.38. The van der Waals surface area contributed by atoms with E-state index in [9.17, 15) is 0 Å². The summed E-state index contributed by atoms with van der Waals surface area (Å²) < 4.78 is 5.72. The summed E-state index contributed by atoms with van der Waals surface area (Å²) in [4.78, 5) is 0. The van der Waals surface area contributed by atoms with Crippen molar-refractivity contribution in [3.05, 3.63) is 65.7 Å². The zero-order valence-corrected chi connectivity index (χ0v) is 11.4. The Morgan fingerprint density at radius 3 is 2.26 bits per heavy atom. The Bertz CT molecular complexity index is 464. The first-order valence-corrected chi connectivity index (χ1v) is 6.85. The summed E-state index contributed by atoms with van der Waals surface area (Å²) in [6.45, 7) is 4.82. The second-order valence-corrected chi connectivity index (χ2v) is 4.52. The van der Waals surface area contributed by atoms with Crippen LogP contribution in [0.25, 0.3) is 0 Å². The van der Waals surface area contributed by atoms with E-state index in [2.05, 4.69) is 36.5 Å². The van der Waals surface area contributed by atoms with E-state index >= 15 is 0 Å². The van der Waals surface area contributed by atoms with Gasteiger partial charge in [0, 0.05) is 0 Å². The Labute approximate surface area is 115 Å². The van der Waals surface area contributed by atoms with Gasteiger partial charge in [0.1, 0.15) is 12.4 Å². The highest BCUT2D eigenvalue weighted by atomic mass is 16.5. The molecule has 0 radical (unpaired) electrons. The Morgan fingerprint density at radius 1 is 0.895 bits per heavy atom. The zero-order valence-electron chi connectivity index (χ0n) is 11.4. The molecular weight excluding hydrogens is 234 g/mol. The fourth-order valence-electron chi connectivity index (χ4n) is 1.90. The summed E-state index contributed by atoms with van der Waals surface area (Å²) in [5.74, 6) is 0.915. The summed E-state index contributed by atoms with van der Waals surface area (Å²) >= 11 is 0. The summed E-state index contributed by atoms with van der Waals surface area (Å²) in [5, 5.41) is 3.33. The maximum absolute atomic E-state index is 5.72. The van der Waals surface area contributed by atoms with Crippen LogP contribution < -0.4 is 10.1 Å². The molecule has 100 valence electrons. The van der Waals surface area contributed by atoms with Gasteiger partial charge in [-0.15, -0.1) is 0 Å². The van der Waals surface area contributed by atoms with E-state index in [1.807, 2.05) is 30.3 Å². The highest BCUT2D eigenvalue weighted by Crippen LogP contribution is 2.12. The monoisotopic (exact) mass is 255 g/mol. The predicted molar refractivity (Wildman–Crippen MR) is 79.5 cm³/mol. The molecule has 0 aliphatic rings. The van der Waals surface area contributed by atoms with Gasteiger partial charge in [-0.1, -0.05) is 49.4 Å². The van der Waals surface area contributed by atoms with E-state index in [0.29, 0.717) is 6.61 Å². The molecule has 1 N–H and O–H groups in total. The van der Waals surface area contributed by atoms with Crippen molar-refractivity contribution >= 4 is 0 Å². The molecule has 0 saturated carbocycles. The van der Waals surface area contributed by atoms with Crippen LogP contribution in [0.2, 0.25) is 0 Å². The molecule has 0 spiro atoms. The van der Waals surface area contributed by atoms with Crippen LogP contribution in [-0.4, -0.2) is 13.1 Å². The third kappa shape index (κ3) is 4.76. The third-order valence-corrected chi connectivity index (χ3v) is 3.01. The lowest BCUT2D eigenvalue weighted by Gasteiger charge is -2.07. The highest BCUT2D eigenvalue weighted by molar-refractivity contribution is 5.24. The standard InChI is InChI=1S/C17H21NO/c1-2-18-13-12-15-8-10-16(11-9-15)14-19-17-6-4-3-5-7-17/h3-11,18H,2,12-14H2,1H3. The molecule has 0 heterocycles. The first-order valence-electron chi connectivity index (χ1n) is 6.85. The van der Waals surface area contributed by atoms with E-state index in [1.54, 1.807) is 0 Å². The van der Waals surface area contributed by atoms with Crippen molar-refractivity contribution in [3.8, 4) is 5.75 Å². The van der Waals surface area contributed by atoms with Crippen molar-refractivity contribution in [3.63, 3.8) is 0 Å². The Morgan fingerprint density at radius 2 is 1.58 bits per heavy atom. The van der Waals surface area contributed by atoms with Gasteiger partial charge < -0.3 is 10.1 Å². The molecule has 2 aromatic rings. The van der Waals surface area contributed by atoms with E-state index < -0.39 is 0 Å². The second kappa shape index (κ2) is 7.59. The van der Waals surface area contributed by atoms with Crippen molar-refractivity contribution in [2.24, 2.45) is 0 Å². The van der Waals surface area contributed by atoms with Gasteiger partial charge in [-0.05, 0) is 42.8 Å². The fraction of sp³-hybridized carbons (Fsp3) is 0.294. The molecule has 0 bridgehead atoms. The van der Waals surface area contributed by atoms with Gasteiger partial charge in [0.25, 0.3) is 0 Å². The average Bonchev–Trinajstić information content (AvgIpc) is 2.48. The van der Waals surface area contributed by atoms with Crippen LogP contribution in [-0.2, 0) is 13.0 Å². The molecule has 0 amide bonds. The van der Waals surface area contributed by atoms with Crippen LogP contribution in [0.4, 0.5) is 0 Å². The largest absolute Gasteiger partial charge is 0.489 e. The Kier molecular flexibility index (Phi) is 5.45. The number of nitrogens with one attached hydrogen (secondary N) is 1. The SMILES string of the molecule is CCNCCc1ccc(COc2ccccc2)cc1. The normalized spacial score (nSPS) is 10.4. The molecule has 0 aliphatic heterocycles. The number of hydrogen-bond donors (Lipinski definition) is 1. The number of ether oxygens (including phenoxy) is 1. The van der Waals surface area contributed by atoms with E-state index in [1.165, 1.54) is 11.1 Å². The number of para-hydroxylation sites is 1. The van der Waals surface area contributed by atoms with E-state index in [-0.39, 0.29) is 0 Å². The number of benzene rings is 2. The summed E-state index contributed by atoms with van der Waals surface area (Å²) in [6, 6.07) is 18.6. The summed E-state index contributed by atoms with van der Waals surface area (Å²) in [6.07, 6.45) is 1.08. The van der Waals surface area contributed by atoms with Gasteiger partial charge in [0.15, 0.2) is 0 Å². The molecule has 0 atom stereocenters. The van der Waals surface area contributed by atoms with E-state index in [0.717, 1.165) is 25.3 Å². The van der Waals surface area contributed by atoms with E-state index in [4.69, 9.17) is 4.74 Å². The van der Waals surface area contributed by atoms with Gasteiger partial charge in [-0.3, -0.25) is 0 Å². The number of likely N-dealkylation sites (N-methyl/N-ethyl adjacent to an activating group) is 1. The maximum Gasteiger partial charge on any atom is 0.119 e.